The number of thioether (sulfide) groups is 1. The quantitative estimate of drug-likeness (QED) is 0.793. The summed E-state index contributed by atoms with van der Waals surface area (Å²) in [6.07, 6.45) is 3.57. The normalized spacial score (nSPS) is 10.1. The number of hydrogen-bond acceptors (Lipinski definition) is 4. The summed E-state index contributed by atoms with van der Waals surface area (Å²) in [6, 6.07) is 11.6. The lowest BCUT2D eigenvalue weighted by molar-refractivity contribution is -0.133. The molecule has 0 radical (unpaired) electrons. The first-order chi connectivity index (χ1) is 9.24. The number of carbonyl (C=O) groups is 1. The van der Waals surface area contributed by atoms with Crippen LogP contribution in [0.1, 0.15) is 5.56 Å². The van der Waals surface area contributed by atoms with Gasteiger partial charge in [-0.1, -0.05) is 6.07 Å². The highest BCUT2D eigenvalue weighted by Gasteiger charge is 2.00. The molecule has 0 amide bonds. The molecule has 0 aliphatic heterocycles. The Kier molecular flexibility index (Phi) is 4.80. The number of nitrogens with one attached hydrogen (secondary N) is 1. The summed E-state index contributed by atoms with van der Waals surface area (Å²) in [6.45, 7) is 0.718. The number of hydrogen-bond donors (Lipinski definition) is 2. The van der Waals surface area contributed by atoms with Crippen LogP contribution in [0.3, 0.4) is 0 Å². The molecule has 2 N–H and O–H groups in total. The van der Waals surface area contributed by atoms with Crippen LogP contribution in [-0.4, -0.2) is 21.8 Å². The van der Waals surface area contributed by atoms with Crippen LogP contribution in [0.4, 0.5) is 5.69 Å². The van der Waals surface area contributed by atoms with Gasteiger partial charge in [0.05, 0.1) is 5.75 Å². The standard InChI is InChI=1S/C14H14N2O2S/c17-14(18)10-19-13-5-3-12(4-6-13)16-9-11-2-1-7-15-8-11/h1-8,16H,9-10H2,(H,17,18). The molecule has 1 aromatic heterocycles. The predicted molar refractivity (Wildman–Crippen MR) is 76.4 cm³/mol. The molecule has 4 nitrogen and oxygen atoms in total. The molecule has 98 valence electrons. The molecule has 0 fully saturated rings. The summed E-state index contributed by atoms with van der Waals surface area (Å²) >= 11 is 1.31. The van der Waals surface area contributed by atoms with E-state index in [1.807, 2.05) is 42.6 Å². The molecule has 5 heteroatoms. The summed E-state index contributed by atoms with van der Waals surface area (Å²) in [7, 11) is 0. The minimum absolute atomic E-state index is 0.0858. The van der Waals surface area contributed by atoms with E-state index in [1.165, 1.54) is 11.8 Å². The van der Waals surface area contributed by atoms with E-state index >= 15 is 0 Å². The van der Waals surface area contributed by atoms with E-state index in [0.717, 1.165) is 22.7 Å². The molecule has 0 unspecified atom stereocenters. The van der Waals surface area contributed by atoms with Gasteiger partial charge in [0, 0.05) is 29.5 Å². The van der Waals surface area contributed by atoms with Crippen LogP contribution in [0.2, 0.25) is 0 Å². The Labute approximate surface area is 115 Å². The van der Waals surface area contributed by atoms with E-state index in [1.54, 1.807) is 6.20 Å². The Morgan fingerprint density at radius 1 is 1.26 bits per heavy atom. The third-order valence-electron chi connectivity index (χ3n) is 2.44. The zero-order chi connectivity index (χ0) is 13.5. The van der Waals surface area contributed by atoms with Crippen LogP contribution in [0, 0.1) is 0 Å². The number of carboxylic acids is 1. The van der Waals surface area contributed by atoms with E-state index in [4.69, 9.17) is 5.11 Å². The molecule has 1 heterocycles. The number of carboxylic acid groups (broad SMARTS) is 1. The summed E-state index contributed by atoms with van der Waals surface area (Å²) in [5.41, 5.74) is 2.12. The number of anilines is 1. The first-order valence-corrected chi connectivity index (χ1v) is 6.80. The molecule has 19 heavy (non-hydrogen) atoms. The zero-order valence-corrected chi connectivity index (χ0v) is 11.1. The molecule has 2 aromatic rings. The van der Waals surface area contributed by atoms with Gasteiger partial charge in [0.15, 0.2) is 0 Å². The highest BCUT2D eigenvalue weighted by molar-refractivity contribution is 8.00. The van der Waals surface area contributed by atoms with Crippen LogP contribution < -0.4 is 5.32 Å². The van der Waals surface area contributed by atoms with Gasteiger partial charge >= 0.3 is 5.97 Å². The molecule has 0 bridgehead atoms. The Morgan fingerprint density at radius 2 is 2.05 bits per heavy atom. The molecule has 2 rings (SSSR count). The van der Waals surface area contributed by atoms with Gasteiger partial charge in [-0.15, -0.1) is 11.8 Å². The molecule has 1 aromatic carbocycles. The summed E-state index contributed by atoms with van der Waals surface area (Å²) in [5, 5.41) is 11.9. The molecule has 0 saturated heterocycles. The number of rotatable bonds is 6. The van der Waals surface area contributed by atoms with Gasteiger partial charge in [-0.25, -0.2) is 0 Å². The number of pyridine rings is 1. The molecule has 0 atom stereocenters. The SMILES string of the molecule is O=C(O)CSc1ccc(NCc2cccnc2)cc1. The second-order valence-corrected chi connectivity index (χ2v) is 4.97. The van der Waals surface area contributed by atoms with Gasteiger partial charge in [0.2, 0.25) is 0 Å². The minimum atomic E-state index is -0.802. The van der Waals surface area contributed by atoms with Crippen molar-refractivity contribution < 1.29 is 9.90 Å². The van der Waals surface area contributed by atoms with Crippen molar-refractivity contribution in [3.05, 3.63) is 54.4 Å². The molecule has 0 spiro atoms. The van der Waals surface area contributed by atoms with Gasteiger partial charge in [-0.2, -0.15) is 0 Å². The highest BCUT2D eigenvalue weighted by Crippen LogP contribution is 2.20. The monoisotopic (exact) mass is 274 g/mol. The van der Waals surface area contributed by atoms with E-state index in [-0.39, 0.29) is 5.75 Å². The number of nitrogens with zero attached hydrogens (tertiary/aromatic N) is 1. The Hall–Kier alpha value is -2.01. The Bertz CT molecular complexity index is 529. The summed E-state index contributed by atoms with van der Waals surface area (Å²) in [5.74, 6) is -0.716. The smallest absolute Gasteiger partial charge is 0.313 e. The maximum absolute atomic E-state index is 10.5. The van der Waals surface area contributed by atoms with Crippen LogP contribution in [0.15, 0.2) is 53.7 Å². The second-order valence-electron chi connectivity index (χ2n) is 3.92. The summed E-state index contributed by atoms with van der Waals surface area (Å²) in [4.78, 5) is 15.5. The van der Waals surface area contributed by atoms with Crippen LogP contribution in [-0.2, 0) is 11.3 Å². The number of aliphatic carboxylic acids is 1. The van der Waals surface area contributed by atoms with Crippen LogP contribution in [0.25, 0.3) is 0 Å². The third kappa shape index (κ3) is 4.63. The lowest BCUT2D eigenvalue weighted by Gasteiger charge is -2.07. The molecule has 0 aliphatic carbocycles. The first kappa shape index (κ1) is 13.4. The highest BCUT2D eigenvalue weighted by atomic mass is 32.2. The summed E-state index contributed by atoms with van der Waals surface area (Å²) < 4.78 is 0. The van der Waals surface area contributed by atoms with Crippen molar-refractivity contribution >= 4 is 23.4 Å². The van der Waals surface area contributed by atoms with E-state index in [2.05, 4.69) is 10.3 Å². The second kappa shape index (κ2) is 6.80. The van der Waals surface area contributed by atoms with Crippen LogP contribution >= 0.6 is 11.8 Å². The molecule has 0 aliphatic rings. The maximum atomic E-state index is 10.5. The van der Waals surface area contributed by atoms with Gasteiger partial charge in [0.25, 0.3) is 0 Å². The van der Waals surface area contributed by atoms with Crippen molar-refractivity contribution in [3.8, 4) is 0 Å². The van der Waals surface area contributed by atoms with Crippen molar-refractivity contribution in [3.63, 3.8) is 0 Å². The fourth-order valence-corrected chi connectivity index (χ4v) is 2.14. The molecular formula is C14H14N2O2S. The average molecular weight is 274 g/mol. The topological polar surface area (TPSA) is 62.2 Å². The Morgan fingerprint density at radius 3 is 2.68 bits per heavy atom. The molecule has 0 saturated carbocycles. The van der Waals surface area contributed by atoms with Crippen molar-refractivity contribution in [1.82, 2.24) is 4.98 Å². The van der Waals surface area contributed by atoms with Gasteiger partial charge in [-0.3, -0.25) is 9.78 Å². The first-order valence-electron chi connectivity index (χ1n) is 5.81. The average Bonchev–Trinajstić information content (AvgIpc) is 2.45. The van der Waals surface area contributed by atoms with Crippen LogP contribution in [0.5, 0.6) is 0 Å². The zero-order valence-electron chi connectivity index (χ0n) is 10.2. The third-order valence-corrected chi connectivity index (χ3v) is 3.43. The van der Waals surface area contributed by atoms with Gasteiger partial charge in [-0.05, 0) is 35.9 Å². The lowest BCUT2D eigenvalue weighted by atomic mass is 10.2. The molecular weight excluding hydrogens is 260 g/mol. The van der Waals surface area contributed by atoms with Crippen molar-refractivity contribution in [2.45, 2.75) is 11.4 Å². The van der Waals surface area contributed by atoms with Crippen molar-refractivity contribution in [2.75, 3.05) is 11.1 Å². The number of aromatic nitrogens is 1. The van der Waals surface area contributed by atoms with E-state index < -0.39 is 5.97 Å². The predicted octanol–water partition coefficient (Wildman–Crippen LogP) is 2.87. The lowest BCUT2D eigenvalue weighted by Crippen LogP contribution is -1.99. The maximum Gasteiger partial charge on any atom is 0.313 e. The van der Waals surface area contributed by atoms with Gasteiger partial charge < -0.3 is 10.4 Å². The number of benzene rings is 1. The van der Waals surface area contributed by atoms with Gasteiger partial charge in [0.1, 0.15) is 0 Å². The largest absolute Gasteiger partial charge is 0.481 e. The van der Waals surface area contributed by atoms with E-state index in [9.17, 15) is 4.79 Å². The van der Waals surface area contributed by atoms with Crippen molar-refractivity contribution in [1.29, 1.82) is 0 Å². The minimum Gasteiger partial charge on any atom is -0.481 e. The fourth-order valence-electron chi connectivity index (χ4n) is 1.52. The fraction of sp³-hybridized carbons (Fsp3) is 0.143. The van der Waals surface area contributed by atoms with Crippen molar-refractivity contribution in [2.24, 2.45) is 0 Å². The Balaban J connectivity index is 1.86. The van der Waals surface area contributed by atoms with E-state index in [0.29, 0.717) is 0 Å².